The molecule has 2 fully saturated rings. The van der Waals surface area contributed by atoms with Crippen LogP contribution in [0.4, 0.5) is 0 Å². The molecule has 4 aliphatic rings. The lowest BCUT2D eigenvalue weighted by Gasteiger charge is -2.52. The Hall–Kier alpha value is -1.35. The first-order valence-electron chi connectivity index (χ1n) is 6.78. The molecule has 4 atom stereocenters. The van der Waals surface area contributed by atoms with Gasteiger partial charge >= 0.3 is 5.97 Å². The van der Waals surface area contributed by atoms with Crippen molar-refractivity contribution >= 4 is 5.97 Å². The third-order valence-electron chi connectivity index (χ3n) is 5.49. The van der Waals surface area contributed by atoms with Gasteiger partial charge < -0.3 is 10.4 Å². The van der Waals surface area contributed by atoms with Gasteiger partial charge in [0.2, 0.25) is 0 Å². The summed E-state index contributed by atoms with van der Waals surface area (Å²) in [6.07, 6.45) is 2.19. The Balaban J connectivity index is 1.96. The van der Waals surface area contributed by atoms with Gasteiger partial charge in [-0.25, -0.2) is 0 Å². The van der Waals surface area contributed by atoms with Crippen LogP contribution in [0, 0.1) is 11.3 Å². The third-order valence-corrected chi connectivity index (χ3v) is 5.49. The monoisotopic (exact) mass is 243 g/mol. The summed E-state index contributed by atoms with van der Waals surface area (Å²) in [5.74, 6) is 0.332. The van der Waals surface area contributed by atoms with E-state index in [1.54, 1.807) is 0 Å². The van der Waals surface area contributed by atoms with Crippen LogP contribution in [0.25, 0.3) is 0 Å². The molecule has 5 rings (SSSR count). The average Bonchev–Trinajstić information content (AvgIpc) is 2.86. The molecule has 3 aliphatic carbocycles. The second-order valence-electron chi connectivity index (χ2n) is 5.95. The molecule has 1 aromatic carbocycles. The molecular weight excluding hydrogens is 226 g/mol. The number of hydrogen-bond acceptors (Lipinski definition) is 2. The molecule has 1 saturated carbocycles. The van der Waals surface area contributed by atoms with E-state index in [2.05, 4.69) is 23.5 Å². The molecule has 18 heavy (non-hydrogen) atoms. The fourth-order valence-corrected chi connectivity index (χ4v) is 4.79. The Morgan fingerprint density at radius 2 is 2.06 bits per heavy atom. The van der Waals surface area contributed by atoms with Crippen LogP contribution in [-0.2, 0) is 4.79 Å². The summed E-state index contributed by atoms with van der Waals surface area (Å²) < 4.78 is 0. The van der Waals surface area contributed by atoms with Crippen molar-refractivity contribution in [3.8, 4) is 0 Å². The molecule has 1 saturated heterocycles. The first-order valence-corrected chi connectivity index (χ1v) is 6.78. The van der Waals surface area contributed by atoms with Crippen molar-refractivity contribution in [3.05, 3.63) is 35.4 Å². The van der Waals surface area contributed by atoms with Crippen molar-refractivity contribution in [1.29, 1.82) is 0 Å². The number of carboxylic acid groups (broad SMARTS) is 1. The second-order valence-corrected chi connectivity index (χ2v) is 5.95. The molecule has 0 spiro atoms. The van der Waals surface area contributed by atoms with Crippen LogP contribution < -0.4 is 5.32 Å². The van der Waals surface area contributed by atoms with Crippen molar-refractivity contribution in [2.24, 2.45) is 11.3 Å². The van der Waals surface area contributed by atoms with E-state index in [0.29, 0.717) is 12.5 Å². The van der Waals surface area contributed by atoms with Gasteiger partial charge in [0.25, 0.3) is 0 Å². The minimum absolute atomic E-state index is 0.205. The standard InChI is InChI=1S/C15H17NO2/c17-14(18)15-8-16-7-13(15)11-5-6-12(15)10-4-2-1-3-9(10)11/h1-4,11-13,16H,5-8H2,(H,17,18). The maximum atomic E-state index is 11.9. The average molecular weight is 243 g/mol. The summed E-state index contributed by atoms with van der Waals surface area (Å²) in [6, 6.07) is 8.48. The molecule has 3 nitrogen and oxygen atoms in total. The highest BCUT2D eigenvalue weighted by atomic mass is 16.4. The molecule has 4 unspecified atom stereocenters. The molecule has 1 aromatic rings. The predicted octanol–water partition coefficient (Wildman–Crippen LogP) is 1.95. The molecule has 0 aromatic heterocycles. The number of hydrogen-bond donors (Lipinski definition) is 2. The van der Waals surface area contributed by atoms with E-state index in [0.717, 1.165) is 19.4 Å². The SMILES string of the molecule is O=C(O)C12CNCC1C1CCC2c2ccccc21. The van der Waals surface area contributed by atoms with Gasteiger partial charge in [-0.2, -0.15) is 0 Å². The van der Waals surface area contributed by atoms with Crippen molar-refractivity contribution in [3.63, 3.8) is 0 Å². The number of nitrogens with one attached hydrogen (secondary N) is 1. The van der Waals surface area contributed by atoms with Crippen molar-refractivity contribution in [2.45, 2.75) is 24.7 Å². The fourth-order valence-electron chi connectivity index (χ4n) is 4.79. The van der Waals surface area contributed by atoms with Crippen molar-refractivity contribution in [2.75, 3.05) is 13.1 Å². The van der Waals surface area contributed by atoms with Crippen molar-refractivity contribution in [1.82, 2.24) is 5.32 Å². The number of carboxylic acids is 1. The summed E-state index contributed by atoms with van der Waals surface area (Å²) in [4.78, 5) is 11.9. The van der Waals surface area contributed by atoms with Gasteiger partial charge in [0.15, 0.2) is 0 Å². The molecule has 94 valence electrons. The summed E-state index contributed by atoms with van der Waals surface area (Å²) in [5.41, 5.74) is 2.17. The molecule has 1 aliphatic heterocycles. The van der Waals surface area contributed by atoms with Gasteiger partial charge in [-0.05, 0) is 42.3 Å². The van der Waals surface area contributed by atoms with E-state index < -0.39 is 11.4 Å². The Morgan fingerprint density at radius 1 is 1.28 bits per heavy atom. The van der Waals surface area contributed by atoms with Crippen LogP contribution in [0.15, 0.2) is 24.3 Å². The highest BCUT2D eigenvalue weighted by Gasteiger charge is 2.62. The van der Waals surface area contributed by atoms with E-state index in [1.165, 1.54) is 11.1 Å². The Bertz CT molecular complexity index is 527. The van der Waals surface area contributed by atoms with E-state index in [4.69, 9.17) is 0 Å². The van der Waals surface area contributed by atoms with Crippen molar-refractivity contribution < 1.29 is 9.90 Å². The zero-order chi connectivity index (χ0) is 12.3. The molecule has 3 heteroatoms. The maximum Gasteiger partial charge on any atom is 0.311 e. The number of carbonyl (C=O) groups is 1. The van der Waals surface area contributed by atoms with E-state index >= 15 is 0 Å². The van der Waals surface area contributed by atoms with Crippen LogP contribution in [0.2, 0.25) is 0 Å². The van der Waals surface area contributed by atoms with E-state index in [9.17, 15) is 9.90 Å². The minimum Gasteiger partial charge on any atom is -0.481 e. The Morgan fingerprint density at radius 3 is 2.83 bits per heavy atom. The number of rotatable bonds is 1. The van der Waals surface area contributed by atoms with E-state index in [1.807, 2.05) is 6.07 Å². The summed E-state index contributed by atoms with van der Waals surface area (Å²) >= 11 is 0. The highest BCUT2D eigenvalue weighted by molar-refractivity contribution is 5.79. The minimum atomic E-state index is -0.596. The highest BCUT2D eigenvalue weighted by Crippen LogP contribution is 2.63. The van der Waals surface area contributed by atoms with E-state index in [-0.39, 0.29) is 11.8 Å². The number of aliphatic carboxylic acids is 1. The third kappa shape index (κ3) is 1.02. The lowest BCUT2D eigenvalue weighted by molar-refractivity contribution is -0.155. The van der Waals surface area contributed by atoms with Gasteiger partial charge in [0.05, 0.1) is 5.41 Å². The van der Waals surface area contributed by atoms with Gasteiger partial charge in [-0.1, -0.05) is 24.3 Å². The molecule has 1 heterocycles. The molecule has 0 amide bonds. The van der Waals surface area contributed by atoms with Gasteiger partial charge in [-0.15, -0.1) is 0 Å². The lowest BCUT2D eigenvalue weighted by Crippen LogP contribution is -2.52. The lowest BCUT2D eigenvalue weighted by atomic mass is 9.50. The molecular formula is C15H17NO2. The largest absolute Gasteiger partial charge is 0.481 e. The first kappa shape index (κ1) is 10.6. The summed E-state index contributed by atoms with van der Waals surface area (Å²) in [7, 11) is 0. The Kier molecular flexibility index (Phi) is 1.97. The number of benzene rings is 1. The van der Waals surface area contributed by atoms with Gasteiger partial charge in [0.1, 0.15) is 0 Å². The van der Waals surface area contributed by atoms with Gasteiger partial charge in [0, 0.05) is 12.5 Å². The molecule has 2 N–H and O–H groups in total. The summed E-state index contributed by atoms with van der Waals surface area (Å²) in [6.45, 7) is 1.50. The van der Waals surface area contributed by atoms with Gasteiger partial charge in [-0.3, -0.25) is 4.79 Å². The zero-order valence-electron chi connectivity index (χ0n) is 10.2. The van der Waals surface area contributed by atoms with Crippen LogP contribution in [-0.4, -0.2) is 24.2 Å². The molecule has 2 bridgehead atoms. The number of fused-ring (bicyclic) bond motifs is 1. The first-order chi connectivity index (χ1) is 8.75. The zero-order valence-corrected chi connectivity index (χ0v) is 10.2. The quantitative estimate of drug-likeness (QED) is 0.792. The normalized spacial score (nSPS) is 40.3. The smallest absolute Gasteiger partial charge is 0.311 e. The van der Waals surface area contributed by atoms with Crippen LogP contribution in [0.3, 0.4) is 0 Å². The van der Waals surface area contributed by atoms with Crippen LogP contribution >= 0.6 is 0 Å². The van der Waals surface area contributed by atoms with Crippen LogP contribution in [0.1, 0.15) is 35.8 Å². The van der Waals surface area contributed by atoms with Crippen LogP contribution in [0.5, 0.6) is 0 Å². The predicted molar refractivity (Wildman–Crippen MR) is 67.6 cm³/mol. The summed E-state index contributed by atoms with van der Waals surface area (Å²) in [5, 5.41) is 13.1. The topological polar surface area (TPSA) is 49.3 Å². The maximum absolute atomic E-state index is 11.9. The Labute approximate surface area is 106 Å². The molecule has 0 radical (unpaired) electrons. The fraction of sp³-hybridized carbons (Fsp3) is 0.533. The second kappa shape index (κ2) is 3.35.